The molecular formula is C18H29IN4O2S2. The van der Waals surface area contributed by atoms with Crippen LogP contribution in [0.2, 0.25) is 0 Å². The van der Waals surface area contributed by atoms with Gasteiger partial charge < -0.3 is 10.6 Å². The van der Waals surface area contributed by atoms with Gasteiger partial charge in [0.05, 0.1) is 5.75 Å². The third kappa shape index (κ3) is 6.50. The molecule has 0 aromatic heterocycles. The van der Waals surface area contributed by atoms with Gasteiger partial charge in [0.25, 0.3) is 0 Å². The van der Waals surface area contributed by atoms with E-state index in [4.69, 9.17) is 0 Å². The molecule has 2 aliphatic rings. The normalized spacial score (nSPS) is 21.1. The van der Waals surface area contributed by atoms with Gasteiger partial charge in [-0.2, -0.15) is 11.8 Å². The lowest BCUT2D eigenvalue weighted by molar-refractivity contribution is 0.443. The number of nitrogens with one attached hydrogen (secondary N) is 2. The molecule has 1 aromatic rings. The Hall–Kier alpha value is -0.520. The molecule has 1 fully saturated rings. The summed E-state index contributed by atoms with van der Waals surface area (Å²) in [5.41, 5.74) is 2.82. The number of nitrogens with zero attached hydrogens (tertiary/aromatic N) is 2. The minimum atomic E-state index is -3.19. The number of thioether (sulfide) groups is 1. The molecule has 0 radical (unpaired) electrons. The summed E-state index contributed by atoms with van der Waals surface area (Å²) >= 11 is 1.81. The summed E-state index contributed by atoms with van der Waals surface area (Å²) in [5.74, 6) is 2.56. The van der Waals surface area contributed by atoms with Crippen molar-refractivity contribution in [1.29, 1.82) is 0 Å². The second kappa shape index (κ2) is 10.9. The molecule has 0 bridgehead atoms. The van der Waals surface area contributed by atoms with Crippen molar-refractivity contribution in [3.63, 3.8) is 0 Å². The predicted octanol–water partition coefficient (Wildman–Crippen LogP) is 1.71. The van der Waals surface area contributed by atoms with Crippen LogP contribution in [0.4, 0.5) is 0 Å². The first-order valence-electron chi connectivity index (χ1n) is 9.18. The molecule has 0 spiro atoms. The highest BCUT2D eigenvalue weighted by atomic mass is 127. The average Bonchev–Trinajstić information content (AvgIpc) is 2.67. The Balaban J connectivity index is 0.00000261. The highest BCUT2D eigenvalue weighted by Crippen LogP contribution is 2.20. The van der Waals surface area contributed by atoms with Gasteiger partial charge in [-0.3, -0.25) is 4.99 Å². The van der Waals surface area contributed by atoms with E-state index in [-0.39, 0.29) is 29.7 Å². The van der Waals surface area contributed by atoms with Crippen molar-refractivity contribution in [1.82, 2.24) is 14.9 Å². The molecule has 27 heavy (non-hydrogen) atoms. The Kier molecular flexibility index (Phi) is 9.17. The van der Waals surface area contributed by atoms with Gasteiger partial charge in [-0.15, -0.1) is 24.0 Å². The minimum Gasteiger partial charge on any atom is -0.355 e. The zero-order chi connectivity index (χ0) is 18.4. The van der Waals surface area contributed by atoms with E-state index in [9.17, 15) is 8.42 Å². The fourth-order valence-corrected chi connectivity index (χ4v) is 5.95. The summed E-state index contributed by atoms with van der Waals surface area (Å²) in [5, 5.41) is 6.60. The summed E-state index contributed by atoms with van der Waals surface area (Å²) in [6, 6.07) is 8.88. The lowest BCUT2D eigenvalue weighted by Gasteiger charge is -2.28. The Morgan fingerprint density at radius 1 is 1.26 bits per heavy atom. The van der Waals surface area contributed by atoms with Crippen molar-refractivity contribution in [3.05, 3.63) is 35.4 Å². The summed E-state index contributed by atoms with van der Waals surface area (Å²) in [7, 11) is -1.46. The van der Waals surface area contributed by atoms with Crippen LogP contribution in [0.1, 0.15) is 17.5 Å². The number of halogens is 1. The molecule has 1 unspecified atom stereocenters. The van der Waals surface area contributed by atoms with Crippen LogP contribution in [0.5, 0.6) is 0 Å². The van der Waals surface area contributed by atoms with E-state index in [2.05, 4.69) is 39.9 Å². The maximum absolute atomic E-state index is 12.4. The largest absolute Gasteiger partial charge is 0.355 e. The van der Waals surface area contributed by atoms with Gasteiger partial charge >= 0.3 is 0 Å². The van der Waals surface area contributed by atoms with Crippen LogP contribution in [0.3, 0.4) is 0 Å². The zero-order valence-corrected chi connectivity index (χ0v) is 19.6. The van der Waals surface area contributed by atoms with Crippen molar-refractivity contribution in [2.75, 3.05) is 43.9 Å². The Morgan fingerprint density at radius 3 is 2.67 bits per heavy atom. The molecule has 1 aliphatic heterocycles. The van der Waals surface area contributed by atoms with Crippen LogP contribution >= 0.6 is 35.7 Å². The maximum Gasteiger partial charge on any atom is 0.215 e. The first-order chi connectivity index (χ1) is 12.6. The molecule has 6 nitrogen and oxygen atoms in total. The van der Waals surface area contributed by atoms with Crippen LogP contribution in [0, 0.1) is 0 Å². The molecule has 1 atom stereocenters. The average molecular weight is 524 g/mol. The van der Waals surface area contributed by atoms with E-state index in [0.29, 0.717) is 31.6 Å². The van der Waals surface area contributed by atoms with E-state index >= 15 is 0 Å². The number of benzene rings is 1. The molecule has 0 saturated carbocycles. The van der Waals surface area contributed by atoms with Crippen LogP contribution in [0.25, 0.3) is 0 Å². The van der Waals surface area contributed by atoms with Crippen molar-refractivity contribution in [2.24, 2.45) is 4.99 Å². The maximum atomic E-state index is 12.4. The molecule has 2 N–H and O–H groups in total. The van der Waals surface area contributed by atoms with E-state index in [1.807, 2.05) is 11.8 Å². The van der Waals surface area contributed by atoms with Crippen LogP contribution in [-0.4, -0.2) is 68.7 Å². The first-order valence-corrected chi connectivity index (χ1v) is 11.9. The van der Waals surface area contributed by atoms with Gasteiger partial charge in [0.1, 0.15) is 0 Å². The standard InChI is InChI=1S/C18H28N4O2S2.HI/c1-19-18(20-8-13-26(23,24)22-9-11-25-12-10-22)21-17-7-6-15-4-2-3-5-16(15)14-17;/h2-5,17H,6-14H2,1H3,(H2,19,20,21);1H. The first kappa shape index (κ1) is 22.8. The molecule has 152 valence electrons. The number of rotatable bonds is 5. The fourth-order valence-electron chi connectivity index (χ4n) is 3.46. The lowest BCUT2D eigenvalue weighted by Crippen LogP contribution is -2.48. The van der Waals surface area contributed by atoms with Crippen molar-refractivity contribution in [2.45, 2.75) is 25.3 Å². The topological polar surface area (TPSA) is 73.8 Å². The molecule has 3 rings (SSSR count). The second-order valence-corrected chi connectivity index (χ2v) is 9.99. The summed E-state index contributed by atoms with van der Waals surface area (Å²) in [6.45, 7) is 1.62. The third-order valence-corrected chi connectivity index (χ3v) is 7.74. The van der Waals surface area contributed by atoms with E-state index in [0.717, 1.165) is 30.8 Å². The molecular weight excluding hydrogens is 495 g/mol. The summed E-state index contributed by atoms with van der Waals surface area (Å²) in [6.07, 6.45) is 3.09. The molecule has 0 amide bonds. The molecule has 1 saturated heterocycles. The van der Waals surface area contributed by atoms with Crippen LogP contribution in [-0.2, 0) is 22.9 Å². The fraction of sp³-hybridized carbons (Fsp3) is 0.611. The lowest BCUT2D eigenvalue weighted by atomic mass is 9.88. The van der Waals surface area contributed by atoms with Crippen LogP contribution in [0.15, 0.2) is 29.3 Å². The summed E-state index contributed by atoms with van der Waals surface area (Å²) < 4.78 is 26.4. The summed E-state index contributed by atoms with van der Waals surface area (Å²) in [4.78, 5) is 4.25. The minimum absolute atomic E-state index is 0. The van der Waals surface area contributed by atoms with Crippen LogP contribution < -0.4 is 10.6 Å². The van der Waals surface area contributed by atoms with Crippen molar-refractivity contribution < 1.29 is 8.42 Å². The second-order valence-electron chi connectivity index (χ2n) is 6.68. The monoisotopic (exact) mass is 524 g/mol. The SMILES string of the molecule is CN=C(NCCS(=O)(=O)N1CCSCC1)NC1CCc2ccccc2C1.I. The van der Waals surface area contributed by atoms with Gasteiger partial charge in [-0.25, -0.2) is 12.7 Å². The smallest absolute Gasteiger partial charge is 0.215 e. The van der Waals surface area contributed by atoms with E-state index in [1.165, 1.54) is 11.1 Å². The van der Waals surface area contributed by atoms with Gasteiger partial charge in [-0.05, 0) is 30.4 Å². The quantitative estimate of drug-likeness (QED) is 0.349. The number of fused-ring (bicyclic) bond motifs is 1. The number of aryl methyl sites for hydroxylation is 1. The van der Waals surface area contributed by atoms with Gasteiger partial charge in [0.15, 0.2) is 5.96 Å². The molecule has 1 aromatic carbocycles. The number of sulfonamides is 1. The van der Waals surface area contributed by atoms with Gasteiger partial charge in [0.2, 0.25) is 10.0 Å². The van der Waals surface area contributed by atoms with Gasteiger partial charge in [-0.1, -0.05) is 24.3 Å². The third-order valence-electron chi connectivity index (χ3n) is 4.93. The Bertz CT molecular complexity index is 737. The Morgan fingerprint density at radius 2 is 1.96 bits per heavy atom. The highest BCUT2D eigenvalue weighted by molar-refractivity contribution is 14.0. The van der Waals surface area contributed by atoms with Crippen molar-refractivity contribution >= 4 is 51.7 Å². The molecule has 1 heterocycles. The van der Waals surface area contributed by atoms with E-state index in [1.54, 1.807) is 11.4 Å². The molecule has 1 aliphatic carbocycles. The highest BCUT2D eigenvalue weighted by Gasteiger charge is 2.24. The zero-order valence-electron chi connectivity index (χ0n) is 15.7. The van der Waals surface area contributed by atoms with Gasteiger partial charge in [0, 0.05) is 44.2 Å². The predicted molar refractivity (Wildman–Crippen MR) is 125 cm³/mol. The molecule has 9 heteroatoms. The number of aliphatic imine (C=N–C) groups is 1. The number of hydrogen-bond donors (Lipinski definition) is 2. The van der Waals surface area contributed by atoms with Crippen molar-refractivity contribution in [3.8, 4) is 0 Å². The van der Waals surface area contributed by atoms with E-state index < -0.39 is 10.0 Å². The Labute approximate surface area is 184 Å². The number of hydrogen-bond acceptors (Lipinski definition) is 4. The number of guanidine groups is 1.